The number of nitrogens with zero attached hydrogens (tertiary/aromatic N) is 1. The number of carboxylic acid groups (broad SMARTS) is 1. The van der Waals surface area contributed by atoms with Gasteiger partial charge in [-0.1, -0.05) is 20.8 Å². The molecule has 0 radical (unpaired) electrons. The van der Waals surface area contributed by atoms with Crippen LogP contribution in [0.15, 0.2) is 0 Å². The molecular weight excluding hydrogens is 244 g/mol. The van der Waals surface area contributed by atoms with Gasteiger partial charge in [0.15, 0.2) is 0 Å². The van der Waals surface area contributed by atoms with Crippen molar-refractivity contribution in [3.8, 4) is 0 Å². The molecule has 19 heavy (non-hydrogen) atoms. The number of amides is 1. The third kappa shape index (κ3) is 2.36. The molecule has 0 aromatic rings. The third-order valence-electron chi connectivity index (χ3n) is 4.94. The zero-order chi connectivity index (χ0) is 14.2. The highest BCUT2D eigenvalue weighted by molar-refractivity contribution is 5.85. The Morgan fingerprint density at radius 3 is 2.47 bits per heavy atom. The number of nitrogens with one attached hydrogen (secondary N) is 1. The highest BCUT2D eigenvalue weighted by Crippen LogP contribution is 2.38. The molecule has 2 aliphatic rings. The van der Waals surface area contributed by atoms with E-state index < -0.39 is 11.9 Å². The molecule has 2 N–H and O–H groups in total. The Balaban J connectivity index is 2.14. The van der Waals surface area contributed by atoms with Gasteiger partial charge in [0.05, 0.1) is 11.3 Å². The van der Waals surface area contributed by atoms with Gasteiger partial charge in [-0.2, -0.15) is 0 Å². The first kappa shape index (κ1) is 14.3. The van der Waals surface area contributed by atoms with E-state index in [2.05, 4.69) is 19.2 Å². The second kappa shape index (κ2) is 5.12. The zero-order valence-electron chi connectivity index (χ0n) is 12.0. The van der Waals surface area contributed by atoms with E-state index in [-0.39, 0.29) is 23.2 Å². The van der Waals surface area contributed by atoms with Crippen molar-refractivity contribution in [1.29, 1.82) is 0 Å². The maximum atomic E-state index is 12.8. The van der Waals surface area contributed by atoms with Crippen molar-refractivity contribution < 1.29 is 14.7 Å². The van der Waals surface area contributed by atoms with Gasteiger partial charge >= 0.3 is 5.97 Å². The topological polar surface area (TPSA) is 69.6 Å². The fourth-order valence-electron chi connectivity index (χ4n) is 3.40. The largest absolute Gasteiger partial charge is 0.481 e. The van der Waals surface area contributed by atoms with Crippen LogP contribution in [-0.4, -0.2) is 48.1 Å². The number of hydrogen-bond donors (Lipinski definition) is 2. The number of carboxylic acids is 1. The smallest absolute Gasteiger partial charge is 0.308 e. The van der Waals surface area contributed by atoms with Gasteiger partial charge in [-0.15, -0.1) is 0 Å². The summed E-state index contributed by atoms with van der Waals surface area (Å²) in [5.41, 5.74) is -0.340. The van der Waals surface area contributed by atoms with Gasteiger partial charge < -0.3 is 15.3 Å². The van der Waals surface area contributed by atoms with Crippen LogP contribution in [0.2, 0.25) is 0 Å². The monoisotopic (exact) mass is 268 g/mol. The molecule has 2 fully saturated rings. The minimum absolute atomic E-state index is 0.0417. The molecule has 5 heteroatoms. The van der Waals surface area contributed by atoms with Gasteiger partial charge in [0.2, 0.25) is 5.91 Å². The van der Waals surface area contributed by atoms with Crippen LogP contribution in [0.3, 0.4) is 0 Å². The number of likely N-dealkylation sites (tertiary alicyclic amines) is 1. The lowest BCUT2D eigenvalue weighted by atomic mass is 9.75. The van der Waals surface area contributed by atoms with Crippen LogP contribution in [0.1, 0.15) is 27.2 Å². The third-order valence-corrected chi connectivity index (χ3v) is 4.94. The average molecular weight is 268 g/mol. The number of hydrogen-bond acceptors (Lipinski definition) is 3. The number of rotatable bonds is 3. The van der Waals surface area contributed by atoms with Crippen LogP contribution in [-0.2, 0) is 9.59 Å². The van der Waals surface area contributed by atoms with Crippen molar-refractivity contribution in [3.63, 3.8) is 0 Å². The number of carbonyl (C=O) groups excluding carboxylic acids is 1. The van der Waals surface area contributed by atoms with E-state index in [0.29, 0.717) is 19.6 Å². The highest BCUT2D eigenvalue weighted by Gasteiger charge is 2.49. The molecule has 2 saturated heterocycles. The standard InChI is InChI=1S/C14H24N2O3/c1-9(2)14(4-5-15-8-14)13(19)16-6-10(3)11(7-16)12(17)18/h9-11,15H,4-8H2,1-3H3,(H,17,18)/t10-,11-,14?/m1/s1. The van der Waals surface area contributed by atoms with Crippen LogP contribution < -0.4 is 5.32 Å². The first-order chi connectivity index (χ1) is 8.88. The molecule has 0 aliphatic carbocycles. The summed E-state index contributed by atoms with van der Waals surface area (Å²) in [7, 11) is 0. The second-order valence-electron chi connectivity index (χ2n) is 6.37. The predicted molar refractivity (Wildman–Crippen MR) is 71.6 cm³/mol. The molecule has 1 amide bonds. The average Bonchev–Trinajstić information content (AvgIpc) is 2.94. The minimum atomic E-state index is -0.786. The predicted octanol–water partition coefficient (Wildman–Crippen LogP) is 0.801. The maximum absolute atomic E-state index is 12.8. The van der Waals surface area contributed by atoms with E-state index in [0.717, 1.165) is 13.0 Å². The van der Waals surface area contributed by atoms with Crippen molar-refractivity contribution in [2.45, 2.75) is 27.2 Å². The molecule has 2 rings (SSSR count). The summed E-state index contributed by atoms with van der Waals surface area (Å²) in [6, 6.07) is 0. The Morgan fingerprint density at radius 2 is 2.05 bits per heavy atom. The van der Waals surface area contributed by atoms with Gasteiger partial charge in [-0.25, -0.2) is 0 Å². The lowest BCUT2D eigenvalue weighted by molar-refractivity contribution is -0.144. The van der Waals surface area contributed by atoms with E-state index in [1.54, 1.807) is 4.90 Å². The Labute approximate surface area is 114 Å². The molecule has 0 aromatic carbocycles. The first-order valence-electron chi connectivity index (χ1n) is 7.11. The van der Waals surface area contributed by atoms with E-state index in [1.165, 1.54) is 0 Å². The van der Waals surface area contributed by atoms with Gasteiger partial charge in [-0.05, 0) is 24.8 Å². The summed E-state index contributed by atoms with van der Waals surface area (Å²) in [4.78, 5) is 25.8. The lowest BCUT2D eigenvalue weighted by Gasteiger charge is -2.35. The van der Waals surface area contributed by atoms with E-state index >= 15 is 0 Å². The van der Waals surface area contributed by atoms with E-state index in [9.17, 15) is 14.7 Å². The quantitative estimate of drug-likeness (QED) is 0.794. The fraction of sp³-hybridized carbons (Fsp3) is 0.857. The Morgan fingerprint density at radius 1 is 1.37 bits per heavy atom. The SMILES string of the molecule is CC(C)C1(C(=O)N2C[C@@H](C)[C@H](C(=O)O)C2)CCNC1. The zero-order valence-corrected chi connectivity index (χ0v) is 12.0. The Hall–Kier alpha value is -1.10. The van der Waals surface area contributed by atoms with Gasteiger partial charge in [-0.3, -0.25) is 9.59 Å². The van der Waals surface area contributed by atoms with Crippen molar-refractivity contribution in [2.75, 3.05) is 26.2 Å². The molecule has 0 bridgehead atoms. The molecular formula is C14H24N2O3. The molecule has 0 spiro atoms. The maximum Gasteiger partial charge on any atom is 0.308 e. The second-order valence-corrected chi connectivity index (χ2v) is 6.37. The fourth-order valence-corrected chi connectivity index (χ4v) is 3.40. The van der Waals surface area contributed by atoms with Crippen LogP contribution in [0.5, 0.6) is 0 Å². The summed E-state index contributed by atoms with van der Waals surface area (Å²) in [6.07, 6.45) is 0.853. The highest BCUT2D eigenvalue weighted by atomic mass is 16.4. The molecule has 0 aromatic heterocycles. The molecule has 2 heterocycles. The van der Waals surface area contributed by atoms with Crippen LogP contribution in [0.4, 0.5) is 0 Å². The van der Waals surface area contributed by atoms with Crippen molar-refractivity contribution >= 4 is 11.9 Å². The van der Waals surface area contributed by atoms with Crippen LogP contribution >= 0.6 is 0 Å². The summed E-state index contributed by atoms with van der Waals surface area (Å²) in [6.45, 7) is 8.61. The lowest BCUT2D eigenvalue weighted by Crippen LogP contribution is -2.47. The molecule has 1 unspecified atom stereocenters. The van der Waals surface area contributed by atoms with E-state index in [1.807, 2.05) is 6.92 Å². The minimum Gasteiger partial charge on any atom is -0.481 e. The van der Waals surface area contributed by atoms with Crippen LogP contribution in [0, 0.1) is 23.2 Å². The van der Waals surface area contributed by atoms with Crippen molar-refractivity contribution in [2.24, 2.45) is 23.2 Å². The van der Waals surface area contributed by atoms with E-state index in [4.69, 9.17) is 0 Å². The van der Waals surface area contributed by atoms with Crippen molar-refractivity contribution in [1.82, 2.24) is 10.2 Å². The normalized spacial score (nSPS) is 35.1. The number of carbonyl (C=O) groups is 2. The molecule has 3 atom stereocenters. The summed E-state index contributed by atoms with van der Waals surface area (Å²) < 4.78 is 0. The Kier molecular flexibility index (Phi) is 3.85. The summed E-state index contributed by atoms with van der Waals surface area (Å²) in [5.74, 6) is -0.745. The molecule has 0 saturated carbocycles. The van der Waals surface area contributed by atoms with Crippen molar-refractivity contribution in [3.05, 3.63) is 0 Å². The molecule has 108 valence electrons. The molecule has 5 nitrogen and oxygen atoms in total. The van der Waals surface area contributed by atoms with Gasteiger partial charge in [0, 0.05) is 19.6 Å². The van der Waals surface area contributed by atoms with Crippen LogP contribution in [0.25, 0.3) is 0 Å². The van der Waals surface area contributed by atoms with Gasteiger partial charge in [0.25, 0.3) is 0 Å². The summed E-state index contributed by atoms with van der Waals surface area (Å²) >= 11 is 0. The van der Waals surface area contributed by atoms with Gasteiger partial charge in [0.1, 0.15) is 0 Å². The molecule has 2 aliphatic heterocycles. The Bertz CT molecular complexity index is 375. The first-order valence-corrected chi connectivity index (χ1v) is 7.11. The number of aliphatic carboxylic acids is 1. The summed E-state index contributed by atoms with van der Waals surface area (Å²) in [5, 5.41) is 12.5.